The second-order valence-corrected chi connectivity index (χ2v) is 8.13. The first-order valence-corrected chi connectivity index (χ1v) is 11.0. The number of carbonyl (C=O) groups is 2. The van der Waals surface area contributed by atoms with Gasteiger partial charge in [0.15, 0.2) is 0 Å². The number of carbonyl (C=O) groups excluding carboxylic acids is 2. The average Bonchev–Trinajstić information content (AvgIpc) is 2.78. The number of nitrogens with zero attached hydrogens (tertiary/aromatic N) is 1. The Morgan fingerprint density at radius 2 is 1.64 bits per heavy atom. The molecule has 6 nitrogen and oxygen atoms in total. The van der Waals surface area contributed by atoms with E-state index in [1.54, 1.807) is 12.1 Å². The summed E-state index contributed by atoms with van der Waals surface area (Å²) in [6, 6.07) is 17.0. The number of rotatable bonds is 7. The molecule has 0 unspecified atom stereocenters. The summed E-state index contributed by atoms with van der Waals surface area (Å²) in [6.45, 7) is 2.55. The van der Waals surface area contributed by atoms with E-state index in [4.69, 9.17) is 23.2 Å². The van der Waals surface area contributed by atoms with Gasteiger partial charge in [0, 0.05) is 29.5 Å². The molecule has 0 aliphatic carbocycles. The number of urea groups is 2. The van der Waals surface area contributed by atoms with Crippen molar-refractivity contribution in [1.82, 2.24) is 5.32 Å². The predicted molar refractivity (Wildman–Crippen MR) is 132 cm³/mol. The molecule has 3 rings (SSSR count). The summed E-state index contributed by atoms with van der Waals surface area (Å²) in [4.78, 5) is 26.6. The minimum atomic E-state index is -0.434. The van der Waals surface area contributed by atoms with Crippen LogP contribution in [0.2, 0.25) is 10.0 Å². The van der Waals surface area contributed by atoms with E-state index >= 15 is 0 Å². The van der Waals surface area contributed by atoms with E-state index < -0.39 is 11.8 Å². The molecule has 3 aromatic carbocycles. The molecule has 0 heterocycles. The van der Waals surface area contributed by atoms with Crippen LogP contribution < -0.4 is 20.9 Å². The van der Waals surface area contributed by atoms with E-state index in [1.165, 1.54) is 35.2 Å². The van der Waals surface area contributed by atoms with E-state index in [1.807, 2.05) is 31.2 Å². The lowest BCUT2D eigenvalue weighted by atomic mass is 10.2. The fraction of sp³-hybridized carbons (Fsp3) is 0.167. The zero-order valence-electron chi connectivity index (χ0n) is 17.9. The Labute approximate surface area is 201 Å². The highest BCUT2D eigenvalue weighted by Gasteiger charge is 2.16. The van der Waals surface area contributed by atoms with Gasteiger partial charge in [0.25, 0.3) is 0 Å². The van der Waals surface area contributed by atoms with Gasteiger partial charge in [-0.3, -0.25) is 4.90 Å². The van der Waals surface area contributed by atoms with Crippen LogP contribution in [-0.4, -0.2) is 25.2 Å². The molecule has 9 heteroatoms. The molecule has 0 bridgehead atoms. The lowest BCUT2D eigenvalue weighted by Gasteiger charge is -2.23. The first-order valence-electron chi connectivity index (χ1n) is 10.2. The summed E-state index contributed by atoms with van der Waals surface area (Å²) in [5, 5.41) is 9.01. The number of benzene rings is 3. The first kappa shape index (κ1) is 24.4. The second kappa shape index (κ2) is 11.5. The maximum Gasteiger partial charge on any atom is 0.326 e. The molecule has 4 amide bonds. The van der Waals surface area contributed by atoms with Gasteiger partial charge in [-0.05, 0) is 67.9 Å². The highest BCUT2D eigenvalue weighted by Crippen LogP contribution is 2.25. The zero-order valence-corrected chi connectivity index (χ0v) is 19.4. The van der Waals surface area contributed by atoms with Crippen molar-refractivity contribution in [1.29, 1.82) is 0 Å². The van der Waals surface area contributed by atoms with Gasteiger partial charge in [-0.2, -0.15) is 0 Å². The third kappa shape index (κ3) is 7.37. The van der Waals surface area contributed by atoms with Crippen molar-refractivity contribution >= 4 is 52.3 Å². The lowest BCUT2D eigenvalue weighted by Crippen LogP contribution is -2.38. The van der Waals surface area contributed by atoms with Gasteiger partial charge in [-0.1, -0.05) is 40.9 Å². The molecule has 0 radical (unpaired) electrons. The van der Waals surface area contributed by atoms with Crippen molar-refractivity contribution in [3.63, 3.8) is 0 Å². The molecule has 3 aromatic rings. The normalized spacial score (nSPS) is 10.4. The number of nitrogens with one attached hydrogen (secondary N) is 3. The third-order valence-electron chi connectivity index (χ3n) is 4.71. The standard InChI is InChI=1S/C24H23Cl2FN4O2/c1-16-3-8-19(9-4-16)29-24(33)31(20-10-6-18(27)7-11-20)14-2-13-28-23(32)30-22-12-5-17(25)15-21(22)26/h3-12,15H,2,13-14H2,1H3,(H,29,33)(H2,28,30,32). The van der Waals surface area contributed by atoms with Crippen molar-refractivity contribution in [2.24, 2.45) is 0 Å². The molecule has 0 saturated heterocycles. The van der Waals surface area contributed by atoms with E-state index in [0.29, 0.717) is 46.6 Å². The largest absolute Gasteiger partial charge is 0.338 e. The Morgan fingerprint density at radius 1 is 0.939 bits per heavy atom. The number of anilines is 3. The fourth-order valence-electron chi connectivity index (χ4n) is 2.99. The lowest BCUT2D eigenvalue weighted by molar-refractivity contribution is 0.252. The van der Waals surface area contributed by atoms with E-state index in [9.17, 15) is 14.0 Å². The number of aryl methyl sites for hydroxylation is 1. The minimum Gasteiger partial charge on any atom is -0.338 e. The minimum absolute atomic E-state index is 0.297. The van der Waals surface area contributed by atoms with Crippen LogP contribution in [0.1, 0.15) is 12.0 Å². The summed E-state index contributed by atoms with van der Waals surface area (Å²) in [5.41, 5.74) is 2.70. The Balaban J connectivity index is 1.58. The SMILES string of the molecule is Cc1ccc(NC(=O)N(CCCNC(=O)Nc2ccc(Cl)cc2Cl)c2ccc(F)cc2)cc1. The van der Waals surface area contributed by atoms with Crippen molar-refractivity contribution < 1.29 is 14.0 Å². The highest BCUT2D eigenvalue weighted by molar-refractivity contribution is 6.36. The molecular weight excluding hydrogens is 466 g/mol. The maximum atomic E-state index is 13.4. The smallest absolute Gasteiger partial charge is 0.326 e. The van der Waals surface area contributed by atoms with Gasteiger partial charge in [-0.15, -0.1) is 0 Å². The molecule has 0 aromatic heterocycles. The maximum absolute atomic E-state index is 13.4. The third-order valence-corrected chi connectivity index (χ3v) is 5.26. The Kier molecular flexibility index (Phi) is 8.52. The summed E-state index contributed by atoms with van der Waals surface area (Å²) in [7, 11) is 0. The van der Waals surface area contributed by atoms with Crippen molar-refractivity contribution in [2.45, 2.75) is 13.3 Å². The summed E-state index contributed by atoms with van der Waals surface area (Å²) in [5.74, 6) is -0.392. The van der Waals surface area contributed by atoms with Gasteiger partial charge in [0.1, 0.15) is 5.82 Å². The van der Waals surface area contributed by atoms with Crippen LogP contribution in [0.15, 0.2) is 66.7 Å². The van der Waals surface area contributed by atoms with Crippen LogP contribution >= 0.6 is 23.2 Å². The van der Waals surface area contributed by atoms with Crippen molar-refractivity contribution in [3.05, 3.63) is 88.2 Å². The van der Waals surface area contributed by atoms with Gasteiger partial charge < -0.3 is 16.0 Å². The van der Waals surface area contributed by atoms with Crippen molar-refractivity contribution in [3.8, 4) is 0 Å². The number of hydrogen-bond donors (Lipinski definition) is 3. The number of amides is 4. The Hall–Kier alpha value is -3.29. The van der Waals surface area contributed by atoms with Crippen LogP contribution in [0.4, 0.5) is 31.0 Å². The summed E-state index contributed by atoms with van der Waals surface area (Å²) < 4.78 is 13.4. The highest BCUT2D eigenvalue weighted by atomic mass is 35.5. The molecule has 0 saturated carbocycles. The molecule has 0 aliphatic rings. The number of hydrogen-bond acceptors (Lipinski definition) is 2. The topological polar surface area (TPSA) is 73.5 Å². The molecule has 0 spiro atoms. The molecular formula is C24H23Cl2FN4O2. The molecule has 172 valence electrons. The van der Waals surface area contributed by atoms with Crippen LogP contribution in [0.5, 0.6) is 0 Å². The van der Waals surface area contributed by atoms with Crippen LogP contribution in [0, 0.1) is 12.7 Å². The Morgan fingerprint density at radius 3 is 2.30 bits per heavy atom. The van der Waals surface area contributed by atoms with Crippen LogP contribution in [0.3, 0.4) is 0 Å². The molecule has 0 aliphatic heterocycles. The van der Waals surface area contributed by atoms with Gasteiger partial charge in [-0.25, -0.2) is 14.0 Å². The van der Waals surface area contributed by atoms with E-state index in [-0.39, 0.29) is 6.03 Å². The monoisotopic (exact) mass is 488 g/mol. The second-order valence-electron chi connectivity index (χ2n) is 7.28. The van der Waals surface area contributed by atoms with Crippen molar-refractivity contribution in [2.75, 3.05) is 28.6 Å². The molecule has 0 atom stereocenters. The van der Waals surface area contributed by atoms with E-state index in [0.717, 1.165) is 5.56 Å². The van der Waals surface area contributed by atoms with Gasteiger partial charge >= 0.3 is 12.1 Å². The Bertz CT molecular complexity index is 1110. The van der Waals surface area contributed by atoms with Gasteiger partial charge in [0.05, 0.1) is 10.7 Å². The zero-order chi connectivity index (χ0) is 23.8. The fourth-order valence-corrected chi connectivity index (χ4v) is 3.45. The molecule has 33 heavy (non-hydrogen) atoms. The number of halogens is 3. The molecule has 0 fully saturated rings. The predicted octanol–water partition coefficient (Wildman–Crippen LogP) is 6.69. The van der Waals surface area contributed by atoms with Crippen LogP contribution in [0.25, 0.3) is 0 Å². The van der Waals surface area contributed by atoms with E-state index in [2.05, 4.69) is 16.0 Å². The first-order chi connectivity index (χ1) is 15.8. The molecule has 3 N–H and O–H groups in total. The average molecular weight is 489 g/mol. The summed E-state index contributed by atoms with van der Waals surface area (Å²) in [6.07, 6.45) is 0.459. The van der Waals surface area contributed by atoms with Crippen LogP contribution in [-0.2, 0) is 0 Å². The quantitative estimate of drug-likeness (QED) is 0.324. The van der Waals surface area contributed by atoms with Gasteiger partial charge in [0.2, 0.25) is 0 Å². The summed E-state index contributed by atoms with van der Waals surface area (Å²) >= 11 is 11.9.